The van der Waals surface area contributed by atoms with E-state index in [-0.39, 0.29) is 17.4 Å². The smallest absolute Gasteiger partial charge is 0.274 e. The van der Waals surface area contributed by atoms with Gasteiger partial charge in [0.15, 0.2) is 5.78 Å². The number of halogens is 1. The van der Waals surface area contributed by atoms with E-state index in [1.165, 1.54) is 6.07 Å². The van der Waals surface area contributed by atoms with Gasteiger partial charge in [-0.15, -0.1) is 11.6 Å². The Balaban J connectivity index is 2.69. The molecule has 0 saturated carbocycles. The van der Waals surface area contributed by atoms with E-state index >= 15 is 0 Å². The molecule has 0 saturated heterocycles. The summed E-state index contributed by atoms with van der Waals surface area (Å²) in [5.41, 5.74) is 3.45. The highest BCUT2D eigenvalue weighted by molar-refractivity contribution is 6.30. The van der Waals surface area contributed by atoms with E-state index in [0.29, 0.717) is 16.8 Å². The van der Waals surface area contributed by atoms with Crippen molar-refractivity contribution in [1.29, 1.82) is 0 Å². The van der Waals surface area contributed by atoms with Crippen molar-refractivity contribution in [2.24, 2.45) is 0 Å². The molecular formula is C15H15ClN2O3. The minimum atomic E-state index is -0.405. The van der Waals surface area contributed by atoms with Crippen LogP contribution < -0.4 is 0 Å². The van der Waals surface area contributed by atoms with Crippen molar-refractivity contribution in [2.75, 3.05) is 5.88 Å². The third-order valence-corrected chi connectivity index (χ3v) is 3.81. The number of rotatable bonds is 4. The van der Waals surface area contributed by atoms with Crippen LogP contribution in [0.5, 0.6) is 0 Å². The molecule has 2 aromatic rings. The number of hydrogen-bond donors (Lipinski definition) is 0. The fourth-order valence-electron chi connectivity index (χ4n) is 2.54. The summed E-state index contributed by atoms with van der Waals surface area (Å²) in [7, 11) is 0. The van der Waals surface area contributed by atoms with Crippen LogP contribution in [0.25, 0.3) is 5.69 Å². The molecule has 0 spiro atoms. The van der Waals surface area contributed by atoms with Gasteiger partial charge in [0.2, 0.25) is 0 Å². The van der Waals surface area contributed by atoms with Gasteiger partial charge in [-0.25, -0.2) is 0 Å². The summed E-state index contributed by atoms with van der Waals surface area (Å²) >= 11 is 5.62. The molecule has 1 aromatic carbocycles. The second kappa shape index (κ2) is 5.69. The van der Waals surface area contributed by atoms with Crippen LogP contribution in [0.1, 0.15) is 27.3 Å². The van der Waals surface area contributed by atoms with E-state index in [1.54, 1.807) is 25.1 Å². The van der Waals surface area contributed by atoms with E-state index in [9.17, 15) is 14.9 Å². The SMILES string of the molecule is Cc1c(-n2c(C)cc(C(=O)CCl)c2C)cccc1[N+](=O)[O-]. The summed E-state index contributed by atoms with van der Waals surface area (Å²) in [5.74, 6) is -0.239. The highest BCUT2D eigenvalue weighted by atomic mass is 35.5. The Labute approximate surface area is 127 Å². The van der Waals surface area contributed by atoms with Crippen molar-refractivity contribution in [3.05, 3.63) is 56.9 Å². The molecule has 1 heterocycles. The molecule has 0 aliphatic carbocycles. The number of carbonyl (C=O) groups excluding carboxylic acids is 1. The zero-order valence-corrected chi connectivity index (χ0v) is 12.8. The molecule has 0 amide bonds. The van der Waals surface area contributed by atoms with Gasteiger partial charge in [-0.05, 0) is 32.9 Å². The van der Waals surface area contributed by atoms with Crippen LogP contribution in [0.4, 0.5) is 5.69 Å². The topological polar surface area (TPSA) is 65.1 Å². The molecule has 0 bridgehead atoms. The van der Waals surface area contributed by atoms with E-state index < -0.39 is 4.92 Å². The van der Waals surface area contributed by atoms with Crippen LogP contribution in [0.3, 0.4) is 0 Å². The lowest BCUT2D eigenvalue weighted by Crippen LogP contribution is -2.06. The fraction of sp³-hybridized carbons (Fsp3) is 0.267. The first kappa shape index (κ1) is 15.3. The predicted molar refractivity (Wildman–Crippen MR) is 81.7 cm³/mol. The minimum Gasteiger partial charge on any atom is -0.317 e. The Morgan fingerprint density at radius 2 is 2.00 bits per heavy atom. The van der Waals surface area contributed by atoms with Crippen molar-refractivity contribution in [3.8, 4) is 5.69 Å². The summed E-state index contributed by atoms with van der Waals surface area (Å²) in [5, 5.41) is 11.1. The van der Waals surface area contributed by atoms with Crippen LogP contribution in [0.2, 0.25) is 0 Å². The maximum Gasteiger partial charge on any atom is 0.274 e. The molecule has 0 atom stereocenters. The number of nitrogens with zero attached hydrogens (tertiary/aromatic N) is 2. The lowest BCUT2D eigenvalue weighted by atomic mass is 10.1. The number of Topliss-reactive ketones (excluding diaryl/α,β-unsaturated/α-hetero) is 1. The van der Waals surface area contributed by atoms with Crippen molar-refractivity contribution in [1.82, 2.24) is 4.57 Å². The number of benzene rings is 1. The first-order chi connectivity index (χ1) is 9.88. The maximum absolute atomic E-state index is 11.8. The number of ketones is 1. The fourth-order valence-corrected chi connectivity index (χ4v) is 2.68. The highest BCUT2D eigenvalue weighted by Gasteiger charge is 2.20. The van der Waals surface area contributed by atoms with Crippen molar-refractivity contribution in [2.45, 2.75) is 20.8 Å². The Morgan fingerprint density at radius 3 is 2.57 bits per heavy atom. The summed E-state index contributed by atoms with van der Waals surface area (Å²) in [6.07, 6.45) is 0. The standard InChI is InChI=1S/C15H15ClN2O3/c1-9-7-12(15(19)8-16)11(3)17(9)13-5-4-6-14(10(13)2)18(20)21/h4-7H,8H2,1-3H3. The maximum atomic E-state index is 11.8. The third kappa shape index (κ3) is 2.56. The summed E-state index contributed by atoms with van der Waals surface area (Å²) in [6, 6.07) is 6.68. The molecule has 5 nitrogen and oxygen atoms in total. The van der Waals surface area contributed by atoms with E-state index in [2.05, 4.69) is 0 Å². The summed E-state index contributed by atoms with van der Waals surface area (Å²) < 4.78 is 1.85. The lowest BCUT2D eigenvalue weighted by Gasteiger charge is -2.12. The van der Waals surface area contributed by atoms with E-state index in [0.717, 1.165) is 11.4 Å². The average Bonchev–Trinajstić information content (AvgIpc) is 2.73. The van der Waals surface area contributed by atoms with Crippen LogP contribution >= 0.6 is 11.6 Å². The third-order valence-electron chi connectivity index (χ3n) is 3.57. The first-order valence-corrected chi connectivity index (χ1v) is 6.94. The number of aryl methyl sites for hydroxylation is 1. The van der Waals surface area contributed by atoms with Gasteiger partial charge in [0.25, 0.3) is 5.69 Å². The van der Waals surface area contributed by atoms with Crippen LogP contribution in [0.15, 0.2) is 24.3 Å². The molecule has 0 aliphatic rings. The van der Waals surface area contributed by atoms with Crippen LogP contribution in [-0.2, 0) is 0 Å². The van der Waals surface area contributed by atoms with Gasteiger partial charge in [-0.2, -0.15) is 0 Å². The molecular weight excluding hydrogens is 292 g/mol. The largest absolute Gasteiger partial charge is 0.317 e. The van der Waals surface area contributed by atoms with Gasteiger partial charge >= 0.3 is 0 Å². The number of carbonyl (C=O) groups is 1. The van der Waals surface area contributed by atoms with Crippen molar-refractivity contribution >= 4 is 23.1 Å². The number of hydrogen-bond acceptors (Lipinski definition) is 3. The molecule has 21 heavy (non-hydrogen) atoms. The quantitative estimate of drug-likeness (QED) is 0.374. The van der Waals surface area contributed by atoms with E-state index in [1.807, 2.05) is 18.4 Å². The molecule has 0 radical (unpaired) electrons. The Morgan fingerprint density at radius 1 is 1.33 bits per heavy atom. The normalized spacial score (nSPS) is 10.7. The number of aromatic nitrogens is 1. The van der Waals surface area contributed by atoms with Crippen molar-refractivity contribution < 1.29 is 9.72 Å². The zero-order valence-electron chi connectivity index (χ0n) is 12.0. The predicted octanol–water partition coefficient (Wildman–Crippen LogP) is 3.73. The molecule has 0 fully saturated rings. The first-order valence-electron chi connectivity index (χ1n) is 6.41. The molecule has 0 aliphatic heterocycles. The molecule has 2 rings (SSSR count). The van der Waals surface area contributed by atoms with Crippen LogP contribution in [-0.4, -0.2) is 21.2 Å². The minimum absolute atomic E-state index is 0.0604. The Hall–Kier alpha value is -2.14. The second-order valence-electron chi connectivity index (χ2n) is 4.86. The molecule has 0 unspecified atom stereocenters. The Kier molecular flexibility index (Phi) is 4.14. The summed E-state index contributed by atoms with van der Waals surface area (Å²) in [4.78, 5) is 22.5. The number of alkyl halides is 1. The van der Waals surface area contributed by atoms with E-state index in [4.69, 9.17) is 11.6 Å². The lowest BCUT2D eigenvalue weighted by molar-refractivity contribution is -0.385. The molecule has 110 valence electrons. The van der Waals surface area contributed by atoms with Gasteiger partial charge in [-0.3, -0.25) is 14.9 Å². The van der Waals surface area contributed by atoms with Gasteiger partial charge in [0, 0.05) is 23.0 Å². The average molecular weight is 307 g/mol. The van der Waals surface area contributed by atoms with Gasteiger partial charge in [0.05, 0.1) is 22.1 Å². The van der Waals surface area contributed by atoms with Crippen LogP contribution in [0, 0.1) is 30.9 Å². The Bertz CT molecular complexity index is 735. The van der Waals surface area contributed by atoms with Gasteiger partial charge < -0.3 is 4.57 Å². The number of nitro benzene ring substituents is 1. The second-order valence-corrected chi connectivity index (χ2v) is 5.12. The highest BCUT2D eigenvalue weighted by Crippen LogP contribution is 2.28. The molecule has 1 aromatic heterocycles. The molecule has 0 N–H and O–H groups in total. The summed E-state index contributed by atoms with van der Waals surface area (Å²) in [6.45, 7) is 5.37. The number of nitro groups is 1. The van der Waals surface area contributed by atoms with Gasteiger partial charge in [-0.1, -0.05) is 6.07 Å². The van der Waals surface area contributed by atoms with Gasteiger partial charge in [0.1, 0.15) is 0 Å². The molecule has 6 heteroatoms. The zero-order chi connectivity index (χ0) is 15.7. The van der Waals surface area contributed by atoms with Crippen molar-refractivity contribution in [3.63, 3.8) is 0 Å². The monoisotopic (exact) mass is 306 g/mol.